The Morgan fingerprint density at radius 3 is 2.66 bits per heavy atom. The van der Waals surface area contributed by atoms with Gasteiger partial charge < -0.3 is 14.7 Å². The molecule has 7 heteroatoms. The summed E-state index contributed by atoms with van der Waals surface area (Å²) in [5, 5.41) is 10.0. The molecule has 1 aliphatic rings. The van der Waals surface area contributed by atoms with Crippen molar-refractivity contribution in [2.75, 3.05) is 13.7 Å². The van der Waals surface area contributed by atoms with Gasteiger partial charge in [0, 0.05) is 13.0 Å². The monoisotopic (exact) mass is 409 g/mol. The number of amides is 1. The number of rotatable bonds is 10. The summed E-state index contributed by atoms with van der Waals surface area (Å²) in [5.74, 6) is -5.02. The van der Waals surface area contributed by atoms with Crippen LogP contribution in [-0.2, 0) is 16.0 Å². The number of esters is 1. The first-order valence-corrected chi connectivity index (χ1v) is 10.0. The van der Waals surface area contributed by atoms with Crippen molar-refractivity contribution in [1.29, 1.82) is 0 Å². The van der Waals surface area contributed by atoms with Gasteiger partial charge in [-0.1, -0.05) is 50.5 Å². The number of benzene rings is 1. The zero-order valence-corrected chi connectivity index (χ0v) is 16.9. The van der Waals surface area contributed by atoms with Crippen molar-refractivity contribution in [3.05, 3.63) is 47.5 Å². The number of hydrogen-bond donors (Lipinski definition) is 1. The SMILES string of the molecule is CCCCC[C@@H](O)/C=C/[C@H]1CC(F)(F)C(=O)N1CCc1ccc(C(=O)OC)cc1. The third-order valence-electron chi connectivity index (χ3n) is 5.11. The smallest absolute Gasteiger partial charge is 0.337 e. The molecule has 1 heterocycles. The van der Waals surface area contributed by atoms with Gasteiger partial charge in [0.25, 0.3) is 5.91 Å². The molecule has 0 spiro atoms. The van der Waals surface area contributed by atoms with Gasteiger partial charge in [-0.3, -0.25) is 4.79 Å². The van der Waals surface area contributed by atoms with Crippen molar-refractivity contribution in [2.45, 2.75) is 63.5 Å². The van der Waals surface area contributed by atoms with E-state index < -0.39 is 36.4 Å². The molecule has 0 radical (unpaired) electrons. The van der Waals surface area contributed by atoms with E-state index in [2.05, 4.69) is 11.7 Å². The molecule has 0 saturated carbocycles. The van der Waals surface area contributed by atoms with Gasteiger partial charge in [0.2, 0.25) is 0 Å². The van der Waals surface area contributed by atoms with Crippen LogP contribution in [0.4, 0.5) is 8.78 Å². The average Bonchev–Trinajstić information content (AvgIpc) is 2.93. The number of nitrogens with zero attached hydrogens (tertiary/aromatic N) is 1. The van der Waals surface area contributed by atoms with Gasteiger partial charge in [-0.25, -0.2) is 4.79 Å². The summed E-state index contributed by atoms with van der Waals surface area (Å²) < 4.78 is 32.6. The Hall–Kier alpha value is -2.28. The molecule has 2 atom stereocenters. The van der Waals surface area contributed by atoms with Gasteiger partial charge in [0.15, 0.2) is 0 Å². The third-order valence-corrected chi connectivity index (χ3v) is 5.11. The molecule has 1 aromatic rings. The van der Waals surface area contributed by atoms with Gasteiger partial charge >= 0.3 is 11.9 Å². The minimum atomic E-state index is -3.39. The lowest BCUT2D eigenvalue weighted by Crippen LogP contribution is -2.37. The highest BCUT2D eigenvalue weighted by atomic mass is 19.3. The zero-order chi connectivity index (χ0) is 21.4. The van der Waals surface area contributed by atoms with E-state index in [9.17, 15) is 23.5 Å². The van der Waals surface area contributed by atoms with E-state index in [0.29, 0.717) is 18.4 Å². The molecular formula is C22H29F2NO4. The van der Waals surface area contributed by atoms with Crippen LogP contribution in [0.1, 0.15) is 54.9 Å². The lowest BCUT2D eigenvalue weighted by atomic mass is 10.1. The van der Waals surface area contributed by atoms with Crippen molar-refractivity contribution >= 4 is 11.9 Å². The Morgan fingerprint density at radius 1 is 1.34 bits per heavy atom. The predicted octanol–water partition coefficient (Wildman–Crippen LogP) is 3.75. The van der Waals surface area contributed by atoms with Crippen molar-refractivity contribution in [3.8, 4) is 0 Å². The molecule has 0 unspecified atom stereocenters. The Kier molecular flexibility index (Phi) is 8.32. The van der Waals surface area contributed by atoms with Crippen LogP contribution in [0, 0.1) is 0 Å². The topological polar surface area (TPSA) is 66.8 Å². The fraction of sp³-hybridized carbons (Fsp3) is 0.545. The maximum absolute atomic E-state index is 14.0. The number of alkyl halides is 2. The second-order valence-corrected chi connectivity index (χ2v) is 7.36. The number of carbonyl (C=O) groups is 2. The number of halogens is 2. The molecule has 29 heavy (non-hydrogen) atoms. The van der Waals surface area contributed by atoms with E-state index in [1.54, 1.807) is 24.3 Å². The first-order chi connectivity index (χ1) is 13.8. The molecule has 1 N–H and O–H groups in total. The first-order valence-electron chi connectivity index (χ1n) is 10.0. The second-order valence-electron chi connectivity index (χ2n) is 7.36. The van der Waals surface area contributed by atoms with Crippen LogP contribution in [0.25, 0.3) is 0 Å². The van der Waals surface area contributed by atoms with E-state index in [0.717, 1.165) is 24.8 Å². The molecule has 1 fully saturated rings. The molecule has 0 bridgehead atoms. The molecule has 0 aliphatic carbocycles. The third kappa shape index (κ3) is 6.35. The Labute approximate surface area is 170 Å². The summed E-state index contributed by atoms with van der Waals surface area (Å²) in [7, 11) is 1.30. The van der Waals surface area contributed by atoms with Crippen LogP contribution in [-0.4, -0.2) is 53.6 Å². The maximum atomic E-state index is 14.0. The standard InChI is InChI=1S/C22H29F2NO4/c1-3-4-5-6-19(26)12-11-18-15-22(23,24)21(28)25(18)14-13-16-7-9-17(10-8-16)20(27)29-2/h7-12,18-19,26H,3-6,13-15H2,1-2H3/b12-11+/t18-,19+/m0/s1. The number of aliphatic hydroxyl groups is 1. The molecule has 2 rings (SSSR count). The molecule has 160 valence electrons. The number of hydrogen-bond acceptors (Lipinski definition) is 4. The van der Waals surface area contributed by atoms with Crippen molar-refractivity contribution in [1.82, 2.24) is 4.90 Å². The molecule has 1 aromatic carbocycles. The summed E-state index contributed by atoms with van der Waals surface area (Å²) in [4.78, 5) is 24.8. The highest BCUT2D eigenvalue weighted by Gasteiger charge is 2.52. The minimum Gasteiger partial charge on any atom is -0.465 e. The normalized spacial score (nSPS) is 19.7. The fourth-order valence-corrected chi connectivity index (χ4v) is 3.39. The van der Waals surface area contributed by atoms with E-state index in [4.69, 9.17) is 0 Å². The number of methoxy groups -OCH3 is 1. The van der Waals surface area contributed by atoms with Crippen LogP contribution in [0.2, 0.25) is 0 Å². The van der Waals surface area contributed by atoms with E-state index in [1.165, 1.54) is 24.2 Å². The summed E-state index contributed by atoms with van der Waals surface area (Å²) in [6.07, 6.45) is 5.64. The Bertz CT molecular complexity index is 718. The predicted molar refractivity (Wildman–Crippen MR) is 106 cm³/mol. The first kappa shape index (κ1) is 23.0. The number of likely N-dealkylation sites (tertiary alicyclic amines) is 1. The summed E-state index contributed by atoms with van der Waals surface area (Å²) in [6.45, 7) is 2.20. The largest absolute Gasteiger partial charge is 0.465 e. The highest BCUT2D eigenvalue weighted by molar-refractivity contribution is 5.89. The van der Waals surface area contributed by atoms with Crippen LogP contribution < -0.4 is 0 Å². The van der Waals surface area contributed by atoms with Crippen molar-refractivity contribution < 1.29 is 28.2 Å². The van der Waals surface area contributed by atoms with Gasteiger partial charge in [-0.05, 0) is 30.5 Å². The van der Waals surface area contributed by atoms with Gasteiger partial charge in [0.05, 0.1) is 24.8 Å². The summed E-state index contributed by atoms with van der Waals surface area (Å²) in [5.41, 5.74) is 1.22. The van der Waals surface area contributed by atoms with Gasteiger partial charge in [-0.2, -0.15) is 8.78 Å². The Balaban J connectivity index is 1.99. The molecule has 1 saturated heterocycles. The highest BCUT2D eigenvalue weighted by Crippen LogP contribution is 2.34. The lowest BCUT2D eigenvalue weighted by Gasteiger charge is -2.22. The second kappa shape index (κ2) is 10.5. The average molecular weight is 409 g/mol. The number of aliphatic hydroxyl groups excluding tert-OH is 1. The van der Waals surface area contributed by atoms with Crippen molar-refractivity contribution in [2.24, 2.45) is 0 Å². The van der Waals surface area contributed by atoms with Crippen LogP contribution >= 0.6 is 0 Å². The molecule has 5 nitrogen and oxygen atoms in total. The molecule has 1 amide bonds. The Morgan fingerprint density at radius 2 is 2.03 bits per heavy atom. The number of carbonyl (C=O) groups excluding carboxylic acids is 2. The van der Waals surface area contributed by atoms with E-state index in [1.807, 2.05) is 0 Å². The summed E-state index contributed by atoms with van der Waals surface area (Å²) >= 11 is 0. The quantitative estimate of drug-likeness (QED) is 0.363. The molecular weight excluding hydrogens is 380 g/mol. The van der Waals surface area contributed by atoms with Crippen LogP contribution in [0.15, 0.2) is 36.4 Å². The molecule has 1 aliphatic heterocycles. The van der Waals surface area contributed by atoms with E-state index in [-0.39, 0.29) is 6.54 Å². The molecule has 0 aromatic heterocycles. The zero-order valence-electron chi connectivity index (χ0n) is 16.9. The van der Waals surface area contributed by atoms with Crippen molar-refractivity contribution in [3.63, 3.8) is 0 Å². The van der Waals surface area contributed by atoms with E-state index >= 15 is 0 Å². The summed E-state index contributed by atoms with van der Waals surface area (Å²) in [6, 6.07) is 5.89. The fourth-order valence-electron chi connectivity index (χ4n) is 3.39. The van der Waals surface area contributed by atoms with Gasteiger partial charge in [0.1, 0.15) is 0 Å². The van der Waals surface area contributed by atoms with Crippen LogP contribution in [0.3, 0.4) is 0 Å². The van der Waals surface area contributed by atoms with Gasteiger partial charge in [-0.15, -0.1) is 0 Å². The maximum Gasteiger partial charge on any atom is 0.337 e. The lowest BCUT2D eigenvalue weighted by molar-refractivity contribution is -0.148. The number of ether oxygens (including phenoxy) is 1. The minimum absolute atomic E-state index is 0.132. The number of unbranched alkanes of at least 4 members (excludes halogenated alkanes) is 2. The van der Waals surface area contributed by atoms with Crippen LogP contribution in [0.5, 0.6) is 0 Å².